The van der Waals surface area contributed by atoms with Crippen molar-refractivity contribution in [1.82, 2.24) is 5.32 Å². The summed E-state index contributed by atoms with van der Waals surface area (Å²) in [7, 11) is 0. The molecule has 1 amide bonds. The second kappa shape index (κ2) is 50.7. The number of aliphatic hydroxyl groups excluding tert-OH is 2. The first kappa shape index (κ1) is 59.1. The average Bonchev–Trinajstić information content (AvgIpc) is 3.26. The minimum Gasteiger partial charge on any atom is -0.466 e. The number of aliphatic hydroxyl groups is 2. The van der Waals surface area contributed by atoms with Gasteiger partial charge in [0.15, 0.2) is 0 Å². The van der Waals surface area contributed by atoms with Gasteiger partial charge in [-0.05, 0) is 83.5 Å². The molecule has 0 fully saturated rings. The second-order valence-corrected chi connectivity index (χ2v) is 18.2. The number of rotatable bonds is 49. The fraction of sp³-hybridized carbons (Fsp3) is 0.855. The first-order chi connectivity index (χ1) is 30.0. The number of hydrogen-bond acceptors (Lipinski definition) is 5. The van der Waals surface area contributed by atoms with E-state index in [0.717, 1.165) is 51.4 Å². The van der Waals surface area contributed by atoms with Gasteiger partial charge in [0.25, 0.3) is 0 Å². The molecule has 0 rings (SSSR count). The molecule has 0 bridgehead atoms. The van der Waals surface area contributed by atoms with Crippen LogP contribution in [0.25, 0.3) is 0 Å². The molecule has 0 aromatic heterocycles. The van der Waals surface area contributed by atoms with Crippen LogP contribution < -0.4 is 5.32 Å². The molecule has 3 N–H and O–H groups in total. The highest BCUT2D eigenvalue weighted by atomic mass is 16.5. The third kappa shape index (κ3) is 47.4. The van der Waals surface area contributed by atoms with Crippen LogP contribution in [0.15, 0.2) is 36.5 Å². The Morgan fingerprint density at radius 2 is 0.770 bits per heavy atom. The maximum Gasteiger partial charge on any atom is 0.305 e. The Kier molecular flexibility index (Phi) is 49.1. The van der Waals surface area contributed by atoms with Crippen molar-refractivity contribution < 1.29 is 24.5 Å². The van der Waals surface area contributed by atoms with Crippen LogP contribution in [0.2, 0.25) is 0 Å². The van der Waals surface area contributed by atoms with Crippen molar-refractivity contribution in [2.45, 2.75) is 289 Å². The van der Waals surface area contributed by atoms with Gasteiger partial charge in [-0.15, -0.1) is 0 Å². The summed E-state index contributed by atoms with van der Waals surface area (Å²) in [4.78, 5) is 24.4. The SMILES string of the molecule is CCCCC/C=C\CCCCCCCC(=O)OCCCCCCCCCC/C=C\CCCCCCCCCC(=O)NC(CO)C(O)/C=C/CCCCCCCCCCCCC. The standard InChI is InChI=1S/C55H103NO5/c1-3-5-7-9-11-13-15-24-27-31-35-39-43-47-53(58)52(51-57)56-54(59)48-44-40-36-32-28-25-22-20-18-17-19-21-23-26-30-34-38-42-46-50-61-55(60)49-45-41-37-33-29-16-14-12-10-8-6-4-2/h12,14,17-18,43,47,52-53,57-58H,3-11,13,15-16,19-42,44-46,48-51H2,1-2H3,(H,56,59)/b14-12-,18-17-,47-43+. The first-order valence-corrected chi connectivity index (χ1v) is 26.8. The molecule has 61 heavy (non-hydrogen) atoms. The van der Waals surface area contributed by atoms with Crippen LogP contribution in [0.5, 0.6) is 0 Å². The monoisotopic (exact) mass is 858 g/mol. The Morgan fingerprint density at radius 3 is 1.20 bits per heavy atom. The predicted molar refractivity (Wildman–Crippen MR) is 264 cm³/mol. The Morgan fingerprint density at radius 1 is 0.443 bits per heavy atom. The molecule has 0 radical (unpaired) electrons. The van der Waals surface area contributed by atoms with E-state index in [0.29, 0.717) is 19.4 Å². The Hall–Kier alpha value is -1.92. The van der Waals surface area contributed by atoms with Crippen molar-refractivity contribution in [3.05, 3.63) is 36.5 Å². The summed E-state index contributed by atoms with van der Waals surface area (Å²) in [6.07, 6.45) is 61.5. The summed E-state index contributed by atoms with van der Waals surface area (Å²) in [6, 6.07) is -0.634. The summed E-state index contributed by atoms with van der Waals surface area (Å²) < 4.78 is 5.45. The molecule has 358 valence electrons. The first-order valence-electron chi connectivity index (χ1n) is 26.8. The highest BCUT2D eigenvalue weighted by molar-refractivity contribution is 5.76. The molecule has 0 aliphatic carbocycles. The van der Waals surface area contributed by atoms with Crippen molar-refractivity contribution in [2.24, 2.45) is 0 Å². The van der Waals surface area contributed by atoms with E-state index in [4.69, 9.17) is 4.74 Å². The number of esters is 1. The fourth-order valence-corrected chi connectivity index (χ4v) is 7.97. The normalized spacial score (nSPS) is 12.9. The molecule has 0 heterocycles. The highest BCUT2D eigenvalue weighted by Crippen LogP contribution is 2.15. The van der Waals surface area contributed by atoms with Gasteiger partial charge in [0.2, 0.25) is 5.91 Å². The zero-order valence-electron chi connectivity index (χ0n) is 40.6. The number of allylic oxidation sites excluding steroid dienone is 5. The molecule has 6 heteroatoms. The topological polar surface area (TPSA) is 95.9 Å². The van der Waals surface area contributed by atoms with Crippen LogP contribution in [0.4, 0.5) is 0 Å². The Labute approximate surface area is 379 Å². The van der Waals surface area contributed by atoms with Gasteiger partial charge in [-0.2, -0.15) is 0 Å². The number of ether oxygens (including phenoxy) is 1. The van der Waals surface area contributed by atoms with E-state index in [1.807, 2.05) is 6.08 Å². The summed E-state index contributed by atoms with van der Waals surface area (Å²) in [5.74, 6) is -0.0862. The van der Waals surface area contributed by atoms with E-state index >= 15 is 0 Å². The van der Waals surface area contributed by atoms with Crippen molar-refractivity contribution >= 4 is 11.9 Å². The van der Waals surface area contributed by atoms with Gasteiger partial charge in [0.1, 0.15) is 0 Å². The molecule has 2 unspecified atom stereocenters. The van der Waals surface area contributed by atoms with Crippen molar-refractivity contribution in [3.8, 4) is 0 Å². The van der Waals surface area contributed by atoms with Crippen LogP contribution in [0, 0.1) is 0 Å². The maximum absolute atomic E-state index is 12.4. The third-order valence-electron chi connectivity index (χ3n) is 12.1. The molecular formula is C55H103NO5. The van der Waals surface area contributed by atoms with E-state index in [9.17, 15) is 19.8 Å². The zero-order chi connectivity index (χ0) is 44.4. The Bertz CT molecular complexity index is 993. The van der Waals surface area contributed by atoms with Gasteiger partial charge in [0.05, 0.1) is 25.4 Å². The van der Waals surface area contributed by atoms with Gasteiger partial charge in [0, 0.05) is 12.8 Å². The summed E-state index contributed by atoms with van der Waals surface area (Å²) >= 11 is 0. The molecule has 2 atom stereocenters. The lowest BCUT2D eigenvalue weighted by Gasteiger charge is -2.20. The van der Waals surface area contributed by atoms with Gasteiger partial charge in [-0.25, -0.2) is 0 Å². The summed E-state index contributed by atoms with van der Waals surface area (Å²) in [5, 5.41) is 23.0. The molecular weight excluding hydrogens is 755 g/mol. The lowest BCUT2D eigenvalue weighted by atomic mass is 10.0. The van der Waals surface area contributed by atoms with E-state index in [2.05, 4.69) is 43.5 Å². The van der Waals surface area contributed by atoms with Crippen LogP contribution in [-0.2, 0) is 14.3 Å². The summed E-state index contributed by atoms with van der Waals surface area (Å²) in [6.45, 7) is 4.85. The Balaban J connectivity index is 3.48. The van der Waals surface area contributed by atoms with Crippen molar-refractivity contribution in [2.75, 3.05) is 13.2 Å². The van der Waals surface area contributed by atoms with Gasteiger partial charge in [-0.1, -0.05) is 217 Å². The maximum atomic E-state index is 12.4. The van der Waals surface area contributed by atoms with Crippen LogP contribution in [-0.4, -0.2) is 47.4 Å². The third-order valence-corrected chi connectivity index (χ3v) is 12.1. The van der Waals surface area contributed by atoms with Crippen LogP contribution in [0.3, 0.4) is 0 Å². The van der Waals surface area contributed by atoms with E-state index in [1.165, 1.54) is 199 Å². The lowest BCUT2D eigenvalue weighted by Crippen LogP contribution is -2.45. The van der Waals surface area contributed by atoms with Crippen LogP contribution in [0.1, 0.15) is 277 Å². The van der Waals surface area contributed by atoms with Crippen molar-refractivity contribution in [1.29, 1.82) is 0 Å². The molecule has 0 saturated carbocycles. The summed E-state index contributed by atoms with van der Waals surface area (Å²) in [5.41, 5.74) is 0. The average molecular weight is 858 g/mol. The number of unbranched alkanes of at least 4 members (excludes halogenated alkanes) is 34. The van der Waals surface area contributed by atoms with Gasteiger partial charge in [-0.3, -0.25) is 9.59 Å². The van der Waals surface area contributed by atoms with Crippen molar-refractivity contribution in [3.63, 3.8) is 0 Å². The van der Waals surface area contributed by atoms with Gasteiger partial charge < -0.3 is 20.3 Å². The smallest absolute Gasteiger partial charge is 0.305 e. The number of carbonyl (C=O) groups is 2. The second-order valence-electron chi connectivity index (χ2n) is 18.2. The number of carbonyl (C=O) groups excluding carboxylic acids is 2. The number of hydrogen-bond donors (Lipinski definition) is 3. The molecule has 0 aromatic carbocycles. The van der Waals surface area contributed by atoms with E-state index in [1.54, 1.807) is 6.08 Å². The molecule has 6 nitrogen and oxygen atoms in total. The molecule has 0 saturated heterocycles. The highest BCUT2D eigenvalue weighted by Gasteiger charge is 2.18. The number of amides is 1. The molecule has 0 spiro atoms. The zero-order valence-corrected chi connectivity index (χ0v) is 40.6. The fourth-order valence-electron chi connectivity index (χ4n) is 7.97. The lowest BCUT2D eigenvalue weighted by molar-refractivity contribution is -0.143. The molecule has 0 aliphatic heterocycles. The predicted octanol–water partition coefficient (Wildman–Crippen LogP) is 16.1. The largest absolute Gasteiger partial charge is 0.466 e. The quantitative estimate of drug-likeness (QED) is 0.0322. The van der Waals surface area contributed by atoms with Gasteiger partial charge >= 0.3 is 5.97 Å². The van der Waals surface area contributed by atoms with E-state index in [-0.39, 0.29) is 18.5 Å². The number of nitrogens with one attached hydrogen (secondary N) is 1. The van der Waals surface area contributed by atoms with Crippen LogP contribution >= 0.6 is 0 Å². The molecule has 0 aromatic rings. The molecule has 0 aliphatic rings. The minimum atomic E-state index is -0.850. The van der Waals surface area contributed by atoms with E-state index < -0.39 is 12.1 Å². The minimum absolute atomic E-state index is 0.00755.